The lowest BCUT2D eigenvalue weighted by Crippen LogP contribution is -1.98. The highest BCUT2D eigenvalue weighted by molar-refractivity contribution is 8.02. The Labute approximate surface area is 145 Å². The number of aromatic hydroxyl groups is 1. The molecule has 0 saturated heterocycles. The van der Waals surface area contributed by atoms with Gasteiger partial charge in [-0.05, 0) is 29.5 Å². The lowest BCUT2D eigenvalue weighted by atomic mass is 10.1. The maximum atomic E-state index is 10.8. The van der Waals surface area contributed by atoms with Crippen molar-refractivity contribution in [2.45, 2.75) is 9.10 Å². The molecule has 3 N–H and O–H groups in total. The SMILES string of the molecule is O=C(O)CSc1cc(NSc2cccs2)c2ccccc2c1O. The predicted molar refractivity (Wildman–Crippen MR) is 97.8 cm³/mol. The Hall–Kier alpha value is -1.83. The quantitative estimate of drug-likeness (QED) is 0.329. The second-order valence-electron chi connectivity index (χ2n) is 4.64. The van der Waals surface area contributed by atoms with E-state index in [0.29, 0.717) is 10.3 Å². The van der Waals surface area contributed by atoms with Crippen LogP contribution in [0.25, 0.3) is 10.8 Å². The van der Waals surface area contributed by atoms with Gasteiger partial charge < -0.3 is 14.9 Å². The third-order valence-corrected chi connectivity index (χ3v) is 5.96. The molecule has 4 nitrogen and oxygen atoms in total. The zero-order valence-electron chi connectivity index (χ0n) is 11.9. The third kappa shape index (κ3) is 3.74. The first-order valence-electron chi connectivity index (χ1n) is 6.71. The third-order valence-electron chi connectivity index (χ3n) is 3.09. The van der Waals surface area contributed by atoms with Crippen LogP contribution in [0.4, 0.5) is 5.69 Å². The van der Waals surface area contributed by atoms with Crippen molar-refractivity contribution in [1.29, 1.82) is 0 Å². The first kappa shape index (κ1) is 16.0. The zero-order valence-corrected chi connectivity index (χ0v) is 14.3. The number of hydrogen-bond donors (Lipinski definition) is 3. The van der Waals surface area contributed by atoms with Crippen LogP contribution in [0.2, 0.25) is 0 Å². The predicted octanol–water partition coefficient (Wildman–Crippen LogP) is 4.90. The minimum absolute atomic E-state index is 0.0938. The number of rotatable bonds is 6. The van der Waals surface area contributed by atoms with Gasteiger partial charge in [0.25, 0.3) is 0 Å². The molecule has 1 aromatic heterocycles. The molecule has 2 aromatic carbocycles. The topological polar surface area (TPSA) is 69.6 Å². The summed E-state index contributed by atoms with van der Waals surface area (Å²) in [6, 6.07) is 13.3. The maximum Gasteiger partial charge on any atom is 0.313 e. The van der Waals surface area contributed by atoms with Crippen LogP contribution in [0.3, 0.4) is 0 Å². The van der Waals surface area contributed by atoms with Crippen molar-refractivity contribution in [3.8, 4) is 5.75 Å². The highest BCUT2D eigenvalue weighted by Crippen LogP contribution is 2.41. The van der Waals surface area contributed by atoms with E-state index >= 15 is 0 Å². The molecule has 0 spiro atoms. The average Bonchev–Trinajstić information content (AvgIpc) is 3.06. The minimum Gasteiger partial charge on any atom is -0.506 e. The molecular weight excluding hydrogens is 350 g/mol. The highest BCUT2D eigenvalue weighted by Gasteiger charge is 2.13. The zero-order chi connectivity index (χ0) is 16.2. The van der Waals surface area contributed by atoms with Gasteiger partial charge in [0.2, 0.25) is 0 Å². The van der Waals surface area contributed by atoms with Gasteiger partial charge in [0.1, 0.15) is 5.75 Å². The van der Waals surface area contributed by atoms with Crippen molar-refractivity contribution in [2.24, 2.45) is 0 Å². The molecule has 0 bridgehead atoms. The standard InChI is InChI=1S/C16H13NO3S3/c18-14(19)9-22-13-8-12(17-23-15-6-3-7-21-15)10-4-1-2-5-11(10)16(13)20/h1-8,17,20H,9H2,(H,18,19). The first-order chi connectivity index (χ1) is 11.1. The van der Waals surface area contributed by atoms with Gasteiger partial charge >= 0.3 is 5.97 Å². The molecule has 3 aromatic rings. The fraction of sp³-hybridized carbons (Fsp3) is 0.0625. The van der Waals surface area contributed by atoms with Crippen LogP contribution in [-0.2, 0) is 4.79 Å². The molecule has 23 heavy (non-hydrogen) atoms. The average molecular weight is 363 g/mol. The van der Waals surface area contributed by atoms with Gasteiger partial charge in [0, 0.05) is 10.8 Å². The Morgan fingerprint density at radius 2 is 1.96 bits per heavy atom. The monoisotopic (exact) mass is 363 g/mol. The van der Waals surface area contributed by atoms with E-state index in [0.717, 1.165) is 27.0 Å². The molecule has 0 atom stereocenters. The molecule has 3 rings (SSSR count). The Bertz CT molecular complexity index is 834. The number of thioether (sulfide) groups is 1. The number of anilines is 1. The summed E-state index contributed by atoms with van der Waals surface area (Å²) in [6.45, 7) is 0. The second kappa shape index (κ2) is 7.16. The molecule has 0 aliphatic heterocycles. The Morgan fingerprint density at radius 3 is 2.65 bits per heavy atom. The van der Waals surface area contributed by atoms with E-state index in [-0.39, 0.29) is 11.5 Å². The Kier molecular flexibility index (Phi) is 5.00. The summed E-state index contributed by atoms with van der Waals surface area (Å²) in [5.41, 5.74) is 0.852. The number of phenolic OH excluding ortho intramolecular Hbond substituents is 1. The van der Waals surface area contributed by atoms with E-state index in [2.05, 4.69) is 4.72 Å². The van der Waals surface area contributed by atoms with E-state index in [1.807, 2.05) is 41.8 Å². The molecule has 1 heterocycles. The number of phenols is 1. The summed E-state index contributed by atoms with van der Waals surface area (Å²) in [4.78, 5) is 11.3. The summed E-state index contributed by atoms with van der Waals surface area (Å²) in [6.07, 6.45) is 0. The lowest BCUT2D eigenvalue weighted by molar-refractivity contribution is -0.133. The lowest BCUT2D eigenvalue weighted by Gasteiger charge is -2.13. The molecule has 7 heteroatoms. The van der Waals surface area contributed by atoms with Crippen LogP contribution >= 0.6 is 35.0 Å². The minimum atomic E-state index is -0.912. The fourth-order valence-corrected chi connectivity index (χ4v) is 4.28. The van der Waals surface area contributed by atoms with Gasteiger partial charge in [0.05, 0.1) is 20.5 Å². The normalized spacial score (nSPS) is 10.8. The number of thiophene rings is 1. The van der Waals surface area contributed by atoms with Crippen molar-refractivity contribution < 1.29 is 15.0 Å². The van der Waals surface area contributed by atoms with Crippen molar-refractivity contribution >= 4 is 57.5 Å². The van der Waals surface area contributed by atoms with Crippen LogP contribution in [0.15, 0.2) is 56.9 Å². The number of benzene rings is 2. The van der Waals surface area contributed by atoms with Gasteiger partial charge in [-0.25, -0.2) is 0 Å². The molecule has 0 unspecified atom stereocenters. The Morgan fingerprint density at radius 1 is 1.17 bits per heavy atom. The highest BCUT2D eigenvalue weighted by atomic mass is 32.2. The molecule has 0 aliphatic rings. The van der Waals surface area contributed by atoms with Crippen molar-refractivity contribution in [3.63, 3.8) is 0 Å². The molecule has 118 valence electrons. The summed E-state index contributed by atoms with van der Waals surface area (Å²) >= 11 is 4.24. The fourth-order valence-electron chi connectivity index (χ4n) is 2.10. The summed E-state index contributed by atoms with van der Waals surface area (Å²) in [5, 5.41) is 22.9. The Balaban J connectivity index is 1.97. The smallest absolute Gasteiger partial charge is 0.313 e. The van der Waals surface area contributed by atoms with Crippen molar-refractivity contribution in [3.05, 3.63) is 47.8 Å². The molecule has 0 amide bonds. The van der Waals surface area contributed by atoms with Gasteiger partial charge in [-0.1, -0.05) is 30.3 Å². The summed E-state index contributed by atoms with van der Waals surface area (Å²) in [5.74, 6) is -0.882. The molecule has 0 fully saturated rings. The van der Waals surface area contributed by atoms with Crippen LogP contribution in [0.1, 0.15) is 0 Å². The van der Waals surface area contributed by atoms with Crippen LogP contribution in [-0.4, -0.2) is 21.9 Å². The van der Waals surface area contributed by atoms with Gasteiger partial charge in [-0.15, -0.1) is 23.1 Å². The number of nitrogens with one attached hydrogen (secondary N) is 1. The van der Waals surface area contributed by atoms with E-state index in [4.69, 9.17) is 5.11 Å². The number of carboxylic acids is 1. The van der Waals surface area contributed by atoms with Crippen LogP contribution in [0, 0.1) is 0 Å². The van der Waals surface area contributed by atoms with E-state index in [1.165, 1.54) is 11.9 Å². The molecule has 0 aliphatic carbocycles. The van der Waals surface area contributed by atoms with Gasteiger partial charge in [0.15, 0.2) is 0 Å². The van der Waals surface area contributed by atoms with Gasteiger partial charge in [-0.2, -0.15) is 0 Å². The number of aliphatic carboxylic acids is 1. The first-order valence-corrected chi connectivity index (χ1v) is 9.39. The maximum absolute atomic E-state index is 10.8. The van der Waals surface area contributed by atoms with E-state index in [1.54, 1.807) is 17.4 Å². The van der Waals surface area contributed by atoms with Gasteiger partial charge in [-0.3, -0.25) is 4.79 Å². The molecule has 0 saturated carbocycles. The van der Waals surface area contributed by atoms with Crippen LogP contribution in [0.5, 0.6) is 5.75 Å². The summed E-state index contributed by atoms with van der Waals surface area (Å²) < 4.78 is 4.43. The number of hydrogen-bond acceptors (Lipinski definition) is 6. The van der Waals surface area contributed by atoms with Crippen molar-refractivity contribution in [2.75, 3.05) is 10.5 Å². The number of carboxylic acid groups (broad SMARTS) is 1. The molecular formula is C16H13NO3S3. The van der Waals surface area contributed by atoms with E-state index in [9.17, 15) is 9.90 Å². The van der Waals surface area contributed by atoms with Crippen LogP contribution < -0.4 is 4.72 Å². The largest absolute Gasteiger partial charge is 0.506 e. The van der Waals surface area contributed by atoms with E-state index < -0.39 is 5.97 Å². The number of carbonyl (C=O) groups is 1. The van der Waals surface area contributed by atoms with Crippen molar-refractivity contribution in [1.82, 2.24) is 0 Å². The second-order valence-corrected chi connectivity index (χ2v) is 7.71. The summed E-state index contributed by atoms with van der Waals surface area (Å²) in [7, 11) is 0. The number of fused-ring (bicyclic) bond motifs is 1. The molecule has 0 radical (unpaired) electrons.